The van der Waals surface area contributed by atoms with Crippen LogP contribution in [0.4, 0.5) is 0 Å². The number of hydrogen-bond donors (Lipinski definition) is 1. The molecule has 1 nitrogen and oxygen atoms in total. The molecule has 0 aromatic carbocycles. The van der Waals surface area contributed by atoms with Gasteiger partial charge in [-0.2, -0.15) is 0 Å². The fraction of sp³-hybridized carbons (Fsp3) is 1.00. The highest BCUT2D eigenvalue weighted by Gasteiger charge is 2.24. The minimum absolute atomic E-state index is 0.440. The molecule has 1 aliphatic rings. The van der Waals surface area contributed by atoms with Crippen LogP contribution in [-0.4, -0.2) is 6.04 Å². The quantitative estimate of drug-likeness (QED) is 0.688. The van der Waals surface area contributed by atoms with Crippen LogP contribution in [0.15, 0.2) is 0 Å². The molecule has 0 aliphatic heterocycles. The summed E-state index contributed by atoms with van der Waals surface area (Å²) < 4.78 is 0. The van der Waals surface area contributed by atoms with Crippen molar-refractivity contribution in [2.24, 2.45) is 23.5 Å². The van der Waals surface area contributed by atoms with Crippen LogP contribution in [0.25, 0.3) is 0 Å². The molecular weight excluding hydrogens is 146 g/mol. The van der Waals surface area contributed by atoms with Crippen LogP contribution in [-0.2, 0) is 0 Å². The first-order chi connectivity index (χ1) is 5.61. The van der Waals surface area contributed by atoms with E-state index >= 15 is 0 Å². The molecule has 12 heavy (non-hydrogen) atoms. The van der Waals surface area contributed by atoms with Gasteiger partial charge in [0.1, 0.15) is 0 Å². The lowest BCUT2D eigenvalue weighted by Gasteiger charge is -2.31. The Morgan fingerprint density at radius 1 is 1.25 bits per heavy atom. The topological polar surface area (TPSA) is 26.0 Å². The van der Waals surface area contributed by atoms with Crippen LogP contribution in [0.2, 0.25) is 0 Å². The fourth-order valence-corrected chi connectivity index (χ4v) is 1.82. The van der Waals surface area contributed by atoms with Crippen molar-refractivity contribution in [3.8, 4) is 0 Å². The molecule has 72 valence electrons. The number of nitrogens with two attached hydrogens (primary N) is 1. The number of rotatable bonds is 4. The van der Waals surface area contributed by atoms with Crippen LogP contribution >= 0.6 is 0 Å². The van der Waals surface area contributed by atoms with E-state index in [2.05, 4.69) is 20.8 Å². The molecule has 0 aromatic heterocycles. The zero-order valence-electron chi connectivity index (χ0n) is 8.72. The van der Waals surface area contributed by atoms with E-state index in [0.29, 0.717) is 12.0 Å². The van der Waals surface area contributed by atoms with Gasteiger partial charge in [-0.05, 0) is 24.2 Å². The lowest BCUT2D eigenvalue weighted by atomic mass is 9.77. The maximum Gasteiger partial charge on any atom is 0.00696 e. The largest absolute Gasteiger partial charge is 0.327 e. The molecule has 2 unspecified atom stereocenters. The van der Waals surface area contributed by atoms with Crippen molar-refractivity contribution >= 4 is 0 Å². The van der Waals surface area contributed by atoms with Gasteiger partial charge in [0.25, 0.3) is 0 Å². The molecule has 0 bridgehead atoms. The molecule has 0 heterocycles. The third-order valence-corrected chi connectivity index (χ3v) is 3.56. The summed E-state index contributed by atoms with van der Waals surface area (Å²) in [6.45, 7) is 6.82. The molecule has 1 heteroatoms. The second-order valence-corrected chi connectivity index (χ2v) is 4.80. The summed E-state index contributed by atoms with van der Waals surface area (Å²) in [5, 5.41) is 0. The van der Waals surface area contributed by atoms with Crippen LogP contribution in [0, 0.1) is 17.8 Å². The smallest absolute Gasteiger partial charge is 0.00696 e. The summed E-state index contributed by atoms with van der Waals surface area (Å²) in [4.78, 5) is 0. The van der Waals surface area contributed by atoms with Crippen molar-refractivity contribution in [2.45, 2.75) is 52.5 Å². The van der Waals surface area contributed by atoms with E-state index in [-0.39, 0.29) is 0 Å². The van der Waals surface area contributed by atoms with Gasteiger partial charge in [0, 0.05) is 6.04 Å². The van der Waals surface area contributed by atoms with Gasteiger partial charge in [-0.1, -0.05) is 40.0 Å². The SMILES string of the molecule is CC(C)C(C)C(N)CC1CCC1. The lowest BCUT2D eigenvalue weighted by molar-refractivity contribution is 0.230. The Labute approximate surface area is 76.7 Å². The van der Waals surface area contributed by atoms with Gasteiger partial charge in [-0.25, -0.2) is 0 Å². The van der Waals surface area contributed by atoms with Gasteiger partial charge < -0.3 is 5.73 Å². The van der Waals surface area contributed by atoms with Crippen molar-refractivity contribution in [3.63, 3.8) is 0 Å². The van der Waals surface area contributed by atoms with E-state index in [1.807, 2.05) is 0 Å². The first-order valence-corrected chi connectivity index (χ1v) is 5.37. The molecule has 0 radical (unpaired) electrons. The zero-order valence-corrected chi connectivity index (χ0v) is 8.72. The first kappa shape index (κ1) is 10.0. The van der Waals surface area contributed by atoms with E-state index in [1.54, 1.807) is 0 Å². The van der Waals surface area contributed by atoms with E-state index in [1.165, 1.54) is 25.7 Å². The Morgan fingerprint density at radius 2 is 1.83 bits per heavy atom. The maximum atomic E-state index is 6.13. The van der Waals surface area contributed by atoms with Crippen molar-refractivity contribution in [1.82, 2.24) is 0 Å². The molecule has 2 atom stereocenters. The van der Waals surface area contributed by atoms with Crippen molar-refractivity contribution < 1.29 is 0 Å². The van der Waals surface area contributed by atoms with E-state index in [9.17, 15) is 0 Å². The summed E-state index contributed by atoms with van der Waals surface area (Å²) >= 11 is 0. The molecular formula is C11H23N. The van der Waals surface area contributed by atoms with E-state index in [4.69, 9.17) is 5.73 Å². The monoisotopic (exact) mass is 169 g/mol. The van der Waals surface area contributed by atoms with Crippen LogP contribution < -0.4 is 5.73 Å². The highest BCUT2D eigenvalue weighted by molar-refractivity contribution is 4.79. The fourth-order valence-electron chi connectivity index (χ4n) is 1.82. The van der Waals surface area contributed by atoms with Crippen molar-refractivity contribution in [1.29, 1.82) is 0 Å². The Hall–Kier alpha value is -0.0400. The molecule has 0 saturated heterocycles. The zero-order chi connectivity index (χ0) is 9.14. The average Bonchev–Trinajstić information content (AvgIpc) is 1.94. The molecule has 0 aromatic rings. The molecule has 1 rings (SSSR count). The standard InChI is InChI=1S/C11H23N/c1-8(2)9(3)11(12)7-10-5-4-6-10/h8-11H,4-7,12H2,1-3H3. The lowest BCUT2D eigenvalue weighted by Crippen LogP contribution is -2.34. The minimum Gasteiger partial charge on any atom is -0.327 e. The molecule has 1 fully saturated rings. The Balaban J connectivity index is 2.21. The van der Waals surface area contributed by atoms with Gasteiger partial charge in [-0.3, -0.25) is 0 Å². The summed E-state index contributed by atoms with van der Waals surface area (Å²) in [5.74, 6) is 2.38. The maximum absolute atomic E-state index is 6.13. The molecule has 2 N–H and O–H groups in total. The highest BCUT2D eigenvalue weighted by atomic mass is 14.7. The predicted molar refractivity (Wildman–Crippen MR) is 53.9 cm³/mol. The second kappa shape index (κ2) is 4.27. The van der Waals surface area contributed by atoms with Crippen LogP contribution in [0.3, 0.4) is 0 Å². The van der Waals surface area contributed by atoms with E-state index < -0.39 is 0 Å². The highest BCUT2D eigenvalue weighted by Crippen LogP contribution is 2.32. The molecule has 1 saturated carbocycles. The van der Waals surface area contributed by atoms with Crippen LogP contribution in [0.5, 0.6) is 0 Å². The average molecular weight is 169 g/mol. The molecule has 0 spiro atoms. The van der Waals surface area contributed by atoms with Gasteiger partial charge in [0.2, 0.25) is 0 Å². The van der Waals surface area contributed by atoms with Gasteiger partial charge in [-0.15, -0.1) is 0 Å². The normalized spacial score (nSPS) is 23.8. The van der Waals surface area contributed by atoms with Crippen molar-refractivity contribution in [3.05, 3.63) is 0 Å². The summed E-state index contributed by atoms with van der Waals surface area (Å²) in [6.07, 6.45) is 5.56. The van der Waals surface area contributed by atoms with E-state index in [0.717, 1.165) is 11.8 Å². The molecule has 1 aliphatic carbocycles. The minimum atomic E-state index is 0.440. The predicted octanol–water partition coefficient (Wildman–Crippen LogP) is 2.80. The van der Waals surface area contributed by atoms with Gasteiger partial charge in [0.05, 0.1) is 0 Å². The third-order valence-electron chi connectivity index (χ3n) is 3.56. The first-order valence-electron chi connectivity index (χ1n) is 5.37. The third kappa shape index (κ3) is 2.48. The number of hydrogen-bond acceptors (Lipinski definition) is 1. The van der Waals surface area contributed by atoms with Gasteiger partial charge >= 0.3 is 0 Å². The van der Waals surface area contributed by atoms with Gasteiger partial charge in [0.15, 0.2) is 0 Å². The van der Waals surface area contributed by atoms with Crippen molar-refractivity contribution in [2.75, 3.05) is 0 Å². The Morgan fingerprint density at radius 3 is 2.17 bits per heavy atom. The van der Waals surface area contributed by atoms with Crippen LogP contribution in [0.1, 0.15) is 46.5 Å². The Bertz CT molecular complexity index is 127. The summed E-state index contributed by atoms with van der Waals surface area (Å²) in [5.41, 5.74) is 6.13. The summed E-state index contributed by atoms with van der Waals surface area (Å²) in [7, 11) is 0. The summed E-state index contributed by atoms with van der Waals surface area (Å²) in [6, 6.07) is 0.440. The second-order valence-electron chi connectivity index (χ2n) is 4.80. The Kier molecular flexibility index (Phi) is 3.57. The molecule has 0 amide bonds.